The summed E-state index contributed by atoms with van der Waals surface area (Å²) in [5.41, 5.74) is 0.187. The minimum atomic E-state index is -0.459. The lowest BCUT2D eigenvalue weighted by molar-refractivity contribution is -0.197. The van der Waals surface area contributed by atoms with Crippen LogP contribution in [0.25, 0.3) is 0 Å². The SMILES string of the molecule is CC1OCC(C)(NC(=O)c2ccccc2)CO1. The zero-order valence-electron chi connectivity index (χ0n) is 10.1. The van der Waals surface area contributed by atoms with Crippen LogP contribution in [0.3, 0.4) is 0 Å². The molecule has 17 heavy (non-hydrogen) atoms. The van der Waals surface area contributed by atoms with Crippen molar-refractivity contribution in [3.63, 3.8) is 0 Å². The Balaban J connectivity index is 1.99. The van der Waals surface area contributed by atoms with E-state index in [9.17, 15) is 4.79 Å². The van der Waals surface area contributed by atoms with Crippen molar-refractivity contribution in [1.29, 1.82) is 0 Å². The summed E-state index contributed by atoms with van der Waals surface area (Å²) in [5, 5.41) is 2.94. The van der Waals surface area contributed by atoms with Gasteiger partial charge in [0.25, 0.3) is 5.91 Å². The highest BCUT2D eigenvalue weighted by atomic mass is 16.7. The second kappa shape index (κ2) is 4.85. The monoisotopic (exact) mass is 235 g/mol. The normalized spacial score (nSPS) is 28.7. The van der Waals surface area contributed by atoms with Crippen molar-refractivity contribution in [2.24, 2.45) is 0 Å². The van der Waals surface area contributed by atoms with E-state index in [1.54, 1.807) is 12.1 Å². The third-order valence-electron chi connectivity index (χ3n) is 2.72. The van der Waals surface area contributed by atoms with Gasteiger partial charge in [-0.25, -0.2) is 0 Å². The van der Waals surface area contributed by atoms with Gasteiger partial charge in [-0.2, -0.15) is 0 Å². The summed E-state index contributed by atoms with van der Waals surface area (Å²) in [6.07, 6.45) is -0.197. The van der Waals surface area contributed by atoms with Gasteiger partial charge < -0.3 is 14.8 Å². The molecule has 0 spiro atoms. The first-order chi connectivity index (χ1) is 8.09. The third kappa shape index (κ3) is 3.05. The van der Waals surface area contributed by atoms with Crippen LogP contribution < -0.4 is 5.32 Å². The number of carbonyl (C=O) groups excluding carboxylic acids is 1. The molecule has 0 aliphatic carbocycles. The van der Waals surface area contributed by atoms with Crippen LogP contribution in [0.2, 0.25) is 0 Å². The summed E-state index contributed by atoms with van der Waals surface area (Å²) < 4.78 is 10.8. The van der Waals surface area contributed by atoms with Gasteiger partial charge in [-0.15, -0.1) is 0 Å². The summed E-state index contributed by atoms with van der Waals surface area (Å²) in [6, 6.07) is 9.13. The average Bonchev–Trinajstić information content (AvgIpc) is 2.34. The molecule has 1 heterocycles. The van der Waals surface area contributed by atoms with Crippen LogP contribution in [0.15, 0.2) is 30.3 Å². The highest BCUT2D eigenvalue weighted by Crippen LogP contribution is 2.15. The second-order valence-corrected chi connectivity index (χ2v) is 4.57. The minimum Gasteiger partial charge on any atom is -0.350 e. The van der Waals surface area contributed by atoms with E-state index in [2.05, 4.69) is 5.32 Å². The van der Waals surface area contributed by atoms with Gasteiger partial charge in [-0.05, 0) is 26.0 Å². The molecule has 0 aromatic heterocycles. The lowest BCUT2D eigenvalue weighted by Crippen LogP contribution is -2.56. The Labute approximate surface area is 101 Å². The molecule has 4 nitrogen and oxygen atoms in total. The highest BCUT2D eigenvalue weighted by Gasteiger charge is 2.32. The largest absolute Gasteiger partial charge is 0.350 e. The van der Waals surface area contributed by atoms with Crippen molar-refractivity contribution in [1.82, 2.24) is 5.32 Å². The molecule has 1 aliphatic heterocycles. The smallest absolute Gasteiger partial charge is 0.251 e. The van der Waals surface area contributed by atoms with Gasteiger partial charge in [-0.3, -0.25) is 4.79 Å². The lowest BCUT2D eigenvalue weighted by Gasteiger charge is -2.36. The van der Waals surface area contributed by atoms with Crippen LogP contribution in [0, 0.1) is 0 Å². The summed E-state index contributed by atoms with van der Waals surface area (Å²) in [7, 11) is 0. The zero-order chi connectivity index (χ0) is 12.3. The summed E-state index contributed by atoms with van der Waals surface area (Å²) in [4.78, 5) is 12.0. The molecule has 0 bridgehead atoms. The van der Waals surface area contributed by atoms with Crippen molar-refractivity contribution < 1.29 is 14.3 Å². The number of nitrogens with one attached hydrogen (secondary N) is 1. The molecular formula is C13H17NO3. The predicted molar refractivity (Wildman–Crippen MR) is 63.7 cm³/mol. The number of benzene rings is 1. The van der Waals surface area contributed by atoms with Gasteiger partial charge in [0.2, 0.25) is 0 Å². The van der Waals surface area contributed by atoms with Gasteiger partial charge in [-0.1, -0.05) is 18.2 Å². The molecular weight excluding hydrogens is 218 g/mol. The number of amides is 1. The molecule has 2 rings (SSSR count). The molecule has 0 unspecified atom stereocenters. The Morgan fingerprint density at radius 2 is 1.88 bits per heavy atom. The van der Waals surface area contributed by atoms with E-state index in [0.717, 1.165) is 0 Å². The van der Waals surface area contributed by atoms with E-state index in [1.165, 1.54) is 0 Å². The van der Waals surface area contributed by atoms with Gasteiger partial charge in [0.05, 0.1) is 18.8 Å². The van der Waals surface area contributed by atoms with Crippen molar-refractivity contribution in [3.8, 4) is 0 Å². The Morgan fingerprint density at radius 3 is 2.47 bits per heavy atom. The molecule has 1 fully saturated rings. The van der Waals surface area contributed by atoms with Crippen LogP contribution >= 0.6 is 0 Å². The maximum Gasteiger partial charge on any atom is 0.251 e. The number of rotatable bonds is 2. The van der Waals surface area contributed by atoms with Crippen molar-refractivity contribution in [2.75, 3.05) is 13.2 Å². The topological polar surface area (TPSA) is 47.6 Å². The maximum absolute atomic E-state index is 12.0. The molecule has 1 amide bonds. The summed E-state index contributed by atoms with van der Waals surface area (Å²) in [6.45, 7) is 4.69. The van der Waals surface area contributed by atoms with Gasteiger partial charge in [0.15, 0.2) is 6.29 Å². The van der Waals surface area contributed by atoms with E-state index in [0.29, 0.717) is 18.8 Å². The standard InChI is InChI=1S/C13H17NO3/c1-10-16-8-13(2,9-17-10)14-12(15)11-6-4-3-5-7-11/h3-7,10H,8-9H2,1-2H3,(H,14,15). The Bertz CT molecular complexity index is 383. The fourth-order valence-corrected chi connectivity index (χ4v) is 1.70. The highest BCUT2D eigenvalue weighted by molar-refractivity contribution is 5.94. The van der Waals surface area contributed by atoms with Crippen molar-refractivity contribution >= 4 is 5.91 Å². The second-order valence-electron chi connectivity index (χ2n) is 4.57. The van der Waals surface area contributed by atoms with Crippen molar-refractivity contribution in [3.05, 3.63) is 35.9 Å². The van der Waals surface area contributed by atoms with Crippen LogP contribution in [-0.2, 0) is 9.47 Å². The number of hydrogen-bond acceptors (Lipinski definition) is 3. The Hall–Kier alpha value is -1.39. The molecule has 0 saturated carbocycles. The minimum absolute atomic E-state index is 0.102. The van der Waals surface area contributed by atoms with Gasteiger partial charge in [0.1, 0.15) is 0 Å². The predicted octanol–water partition coefficient (Wildman–Crippen LogP) is 1.57. The first-order valence-corrected chi connectivity index (χ1v) is 5.70. The first kappa shape index (κ1) is 12.1. The van der Waals surface area contributed by atoms with E-state index >= 15 is 0 Å². The summed E-state index contributed by atoms with van der Waals surface area (Å²) >= 11 is 0. The molecule has 1 saturated heterocycles. The van der Waals surface area contributed by atoms with Crippen LogP contribution in [0.1, 0.15) is 24.2 Å². The molecule has 1 aromatic rings. The summed E-state index contributed by atoms with van der Waals surface area (Å²) in [5.74, 6) is -0.102. The van der Waals surface area contributed by atoms with Gasteiger partial charge in [0, 0.05) is 5.56 Å². The first-order valence-electron chi connectivity index (χ1n) is 5.70. The number of carbonyl (C=O) groups is 1. The molecule has 1 aliphatic rings. The molecule has 92 valence electrons. The lowest BCUT2D eigenvalue weighted by atomic mass is 10.0. The molecule has 4 heteroatoms. The zero-order valence-corrected chi connectivity index (χ0v) is 10.1. The van der Waals surface area contributed by atoms with E-state index in [1.807, 2.05) is 32.0 Å². The van der Waals surface area contributed by atoms with E-state index in [-0.39, 0.29) is 12.2 Å². The average molecular weight is 235 g/mol. The third-order valence-corrected chi connectivity index (χ3v) is 2.72. The van der Waals surface area contributed by atoms with Gasteiger partial charge >= 0.3 is 0 Å². The number of hydrogen-bond donors (Lipinski definition) is 1. The van der Waals surface area contributed by atoms with E-state index in [4.69, 9.17) is 9.47 Å². The quantitative estimate of drug-likeness (QED) is 0.846. The Morgan fingerprint density at radius 1 is 1.29 bits per heavy atom. The number of ether oxygens (including phenoxy) is 2. The van der Waals surface area contributed by atoms with Crippen LogP contribution in [0.5, 0.6) is 0 Å². The van der Waals surface area contributed by atoms with Crippen LogP contribution in [0.4, 0.5) is 0 Å². The Kier molecular flexibility index (Phi) is 3.45. The van der Waals surface area contributed by atoms with Crippen molar-refractivity contribution in [2.45, 2.75) is 25.7 Å². The van der Waals surface area contributed by atoms with E-state index < -0.39 is 5.54 Å². The molecule has 1 aromatic carbocycles. The fraction of sp³-hybridized carbons (Fsp3) is 0.462. The molecule has 1 N–H and O–H groups in total. The fourth-order valence-electron chi connectivity index (χ4n) is 1.70. The van der Waals surface area contributed by atoms with Crippen LogP contribution in [-0.4, -0.2) is 30.9 Å². The maximum atomic E-state index is 12.0. The molecule has 0 atom stereocenters. The molecule has 0 radical (unpaired) electrons.